The fraction of sp³-hybridized carbons (Fsp3) is 0.667. The van der Waals surface area contributed by atoms with E-state index in [0.717, 1.165) is 0 Å². The lowest BCUT2D eigenvalue weighted by Crippen LogP contribution is -2.37. The molecule has 1 aromatic heterocycles. The van der Waals surface area contributed by atoms with E-state index in [0.29, 0.717) is 18.9 Å². The molecule has 0 aliphatic carbocycles. The van der Waals surface area contributed by atoms with Gasteiger partial charge in [-0.1, -0.05) is 5.16 Å². The Balaban J connectivity index is 2.41. The van der Waals surface area contributed by atoms with Crippen molar-refractivity contribution < 1.29 is 9.32 Å². The van der Waals surface area contributed by atoms with Crippen LogP contribution in [0.4, 0.5) is 0 Å². The Morgan fingerprint density at radius 3 is 2.67 bits per heavy atom. The van der Waals surface area contributed by atoms with Crippen molar-refractivity contribution in [3.63, 3.8) is 0 Å². The molecule has 0 aromatic carbocycles. The highest BCUT2D eigenvalue weighted by molar-refractivity contribution is 5.88. The Morgan fingerprint density at radius 2 is 2.20 bits per heavy atom. The Labute approximate surface area is 88.2 Å². The van der Waals surface area contributed by atoms with Crippen molar-refractivity contribution in [1.29, 1.82) is 0 Å². The Bertz CT molecular complexity index is 340. The number of hydrogen-bond donors (Lipinski definition) is 2. The number of nitrogens with zero attached hydrogens (tertiary/aromatic N) is 2. The second-order valence-electron chi connectivity index (χ2n) is 4.30. The monoisotopic (exact) mass is 212 g/mol. The molecule has 0 spiro atoms. The minimum absolute atomic E-state index is 0.0482. The van der Waals surface area contributed by atoms with Crippen molar-refractivity contribution in [2.75, 3.05) is 6.54 Å². The average Bonchev–Trinajstić information content (AvgIpc) is 2.50. The van der Waals surface area contributed by atoms with Crippen LogP contribution in [0.15, 0.2) is 4.52 Å². The molecule has 1 aromatic rings. The summed E-state index contributed by atoms with van der Waals surface area (Å²) in [6.07, 6.45) is 0.581. The largest absolute Gasteiger partial charge is 0.363 e. The molecule has 0 radical (unpaired) electrons. The lowest BCUT2D eigenvalue weighted by atomic mass is 10.1. The molecule has 0 bridgehead atoms. The SMILES string of the molecule is CC(C)(C)NCCc1nc(C(N)=O)no1. The third-order valence-electron chi connectivity index (χ3n) is 1.68. The number of carbonyl (C=O) groups is 1. The molecule has 0 fully saturated rings. The maximum atomic E-state index is 10.7. The summed E-state index contributed by atoms with van der Waals surface area (Å²) >= 11 is 0. The predicted octanol–water partition coefficient (Wildman–Crippen LogP) is 0.0991. The van der Waals surface area contributed by atoms with E-state index in [1.54, 1.807) is 0 Å². The Kier molecular flexibility index (Phi) is 3.41. The fourth-order valence-corrected chi connectivity index (χ4v) is 1.00. The highest BCUT2D eigenvalue weighted by atomic mass is 16.5. The zero-order valence-corrected chi connectivity index (χ0v) is 9.20. The number of rotatable bonds is 4. The topological polar surface area (TPSA) is 94.0 Å². The molecule has 1 amide bonds. The van der Waals surface area contributed by atoms with Gasteiger partial charge >= 0.3 is 0 Å². The molecular formula is C9H16N4O2. The third kappa shape index (κ3) is 4.07. The van der Waals surface area contributed by atoms with Gasteiger partial charge in [-0.3, -0.25) is 4.79 Å². The van der Waals surface area contributed by atoms with Crippen molar-refractivity contribution >= 4 is 5.91 Å². The van der Waals surface area contributed by atoms with Crippen molar-refractivity contribution in [2.45, 2.75) is 32.7 Å². The van der Waals surface area contributed by atoms with E-state index in [9.17, 15) is 4.79 Å². The molecule has 6 heteroatoms. The molecule has 0 unspecified atom stereocenters. The normalized spacial score (nSPS) is 11.7. The van der Waals surface area contributed by atoms with Gasteiger partial charge in [0.25, 0.3) is 11.7 Å². The van der Waals surface area contributed by atoms with Crippen molar-refractivity contribution in [1.82, 2.24) is 15.5 Å². The highest BCUT2D eigenvalue weighted by Crippen LogP contribution is 2.00. The van der Waals surface area contributed by atoms with Gasteiger partial charge in [-0.25, -0.2) is 0 Å². The van der Waals surface area contributed by atoms with Crippen LogP contribution in [0.5, 0.6) is 0 Å². The number of hydrogen-bond acceptors (Lipinski definition) is 5. The van der Waals surface area contributed by atoms with Crippen LogP contribution in [0.2, 0.25) is 0 Å². The molecule has 0 aliphatic heterocycles. The Morgan fingerprint density at radius 1 is 1.53 bits per heavy atom. The average molecular weight is 212 g/mol. The van der Waals surface area contributed by atoms with Crippen LogP contribution in [0.3, 0.4) is 0 Å². The van der Waals surface area contributed by atoms with E-state index >= 15 is 0 Å². The summed E-state index contributed by atoms with van der Waals surface area (Å²) in [7, 11) is 0. The van der Waals surface area contributed by atoms with E-state index < -0.39 is 5.91 Å². The van der Waals surface area contributed by atoms with Crippen LogP contribution >= 0.6 is 0 Å². The van der Waals surface area contributed by atoms with E-state index in [4.69, 9.17) is 10.3 Å². The zero-order chi connectivity index (χ0) is 11.5. The smallest absolute Gasteiger partial charge is 0.290 e. The summed E-state index contributed by atoms with van der Waals surface area (Å²) < 4.78 is 4.84. The zero-order valence-electron chi connectivity index (χ0n) is 9.20. The van der Waals surface area contributed by atoms with E-state index in [-0.39, 0.29) is 11.4 Å². The molecule has 6 nitrogen and oxygen atoms in total. The lowest BCUT2D eigenvalue weighted by molar-refractivity contribution is 0.0987. The number of nitrogens with two attached hydrogens (primary N) is 1. The summed E-state index contributed by atoms with van der Waals surface area (Å²) in [5.74, 6) is -0.324. The first kappa shape index (κ1) is 11.6. The van der Waals surface area contributed by atoms with Crippen LogP contribution in [0.1, 0.15) is 37.3 Å². The molecule has 0 atom stereocenters. The van der Waals surface area contributed by atoms with Crippen LogP contribution in [0.25, 0.3) is 0 Å². The van der Waals surface area contributed by atoms with Crippen LogP contribution in [-0.4, -0.2) is 28.1 Å². The summed E-state index contributed by atoms with van der Waals surface area (Å²) in [6.45, 7) is 6.91. The summed E-state index contributed by atoms with van der Waals surface area (Å²) in [5, 5.41) is 6.71. The Hall–Kier alpha value is -1.43. The summed E-state index contributed by atoms with van der Waals surface area (Å²) in [4.78, 5) is 14.5. The predicted molar refractivity (Wildman–Crippen MR) is 54.3 cm³/mol. The third-order valence-corrected chi connectivity index (χ3v) is 1.68. The number of nitrogens with one attached hydrogen (secondary N) is 1. The van der Waals surface area contributed by atoms with Crippen LogP contribution in [0, 0.1) is 0 Å². The molecule has 0 saturated heterocycles. The molecule has 0 saturated carbocycles. The maximum absolute atomic E-state index is 10.7. The summed E-state index contributed by atoms with van der Waals surface area (Å²) in [5.41, 5.74) is 5.03. The highest BCUT2D eigenvalue weighted by Gasteiger charge is 2.12. The van der Waals surface area contributed by atoms with E-state index in [2.05, 4.69) is 36.2 Å². The second-order valence-corrected chi connectivity index (χ2v) is 4.30. The van der Waals surface area contributed by atoms with Gasteiger partial charge in [0.05, 0.1) is 0 Å². The molecular weight excluding hydrogens is 196 g/mol. The first-order chi connectivity index (χ1) is 6.88. The van der Waals surface area contributed by atoms with Crippen LogP contribution in [-0.2, 0) is 6.42 Å². The number of primary amides is 1. The van der Waals surface area contributed by atoms with Gasteiger partial charge in [0.1, 0.15) is 0 Å². The quantitative estimate of drug-likeness (QED) is 0.738. The number of amides is 1. The van der Waals surface area contributed by atoms with Gasteiger partial charge < -0.3 is 15.6 Å². The van der Waals surface area contributed by atoms with Crippen LogP contribution < -0.4 is 11.1 Å². The standard InChI is InChI=1S/C9H16N4O2/c1-9(2,3)11-5-4-6-12-8(7(10)14)13-15-6/h11H,4-5H2,1-3H3,(H2,10,14). The molecule has 1 heterocycles. The molecule has 0 aliphatic rings. The number of carbonyl (C=O) groups excluding carboxylic acids is 1. The van der Waals surface area contributed by atoms with E-state index in [1.165, 1.54) is 0 Å². The van der Waals surface area contributed by atoms with Crippen molar-refractivity contribution in [3.05, 3.63) is 11.7 Å². The lowest BCUT2D eigenvalue weighted by Gasteiger charge is -2.19. The van der Waals surface area contributed by atoms with Gasteiger partial charge in [0.2, 0.25) is 5.89 Å². The number of aromatic nitrogens is 2. The minimum Gasteiger partial charge on any atom is -0.363 e. The van der Waals surface area contributed by atoms with Gasteiger partial charge in [-0.05, 0) is 20.8 Å². The van der Waals surface area contributed by atoms with Gasteiger partial charge in [0.15, 0.2) is 0 Å². The molecule has 84 valence electrons. The molecule has 15 heavy (non-hydrogen) atoms. The molecule has 3 N–H and O–H groups in total. The van der Waals surface area contributed by atoms with Gasteiger partial charge in [-0.2, -0.15) is 4.98 Å². The second kappa shape index (κ2) is 4.39. The maximum Gasteiger partial charge on any atom is 0.290 e. The fourth-order valence-electron chi connectivity index (χ4n) is 1.00. The van der Waals surface area contributed by atoms with E-state index in [1.807, 2.05) is 0 Å². The first-order valence-corrected chi connectivity index (χ1v) is 4.76. The first-order valence-electron chi connectivity index (χ1n) is 4.76. The van der Waals surface area contributed by atoms with Crippen molar-refractivity contribution in [2.24, 2.45) is 5.73 Å². The minimum atomic E-state index is -0.672. The summed E-state index contributed by atoms with van der Waals surface area (Å²) in [6, 6.07) is 0. The molecule has 1 rings (SSSR count). The van der Waals surface area contributed by atoms with Gasteiger partial charge in [-0.15, -0.1) is 0 Å². The van der Waals surface area contributed by atoms with Crippen molar-refractivity contribution in [3.8, 4) is 0 Å². The van der Waals surface area contributed by atoms with Gasteiger partial charge in [0, 0.05) is 18.5 Å².